The van der Waals surface area contributed by atoms with E-state index in [1.807, 2.05) is 0 Å². The van der Waals surface area contributed by atoms with Crippen molar-refractivity contribution in [1.82, 2.24) is 0 Å². The van der Waals surface area contributed by atoms with Crippen LogP contribution in [0.2, 0.25) is 0 Å². The van der Waals surface area contributed by atoms with Crippen molar-refractivity contribution in [2.45, 2.75) is 26.4 Å². The van der Waals surface area contributed by atoms with Gasteiger partial charge in [-0.2, -0.15) is 0 Å². The Morgan fingerprint density at radius 1 is 1.06 bits per heavy atom. The van der Waals surface area contributed by atoms with E-state index in [4.69, 9.17) is 0 Å². The van der Waals surface area contributed by atoms with Gasteiger partial charge in [-0.15, -0.1) is 0 Å². The Balaban J connectivity index is 1.66. The lowest BCUT2D eigenvalue weighted by molar-refractivity contribution is -0.0704. The Morgan fingerprint density at radius 2 is 1.76 bits per heavy atom. The third-order valence-corrected chi connectivity index (χ3v) is 8.45. The van der Waals surface area contributed by atoms with E-state index in [0.717, 1.165) is 53.8 Å². The van der Waals surface area contributed by atoms with Crippen molar-refractivity contribution in [1.29, 1.82) is 0 Å². The van der Waals surface area contributed by atoms with Crippen LogP contribution in [0.5, 0.6) is 0 Å². The Kier molecular flexibility index (Phi) is 1.00. The first-order chi connectivity index (χ1) is 8.16. The van der Waals surface area contributed by atoms with Gasteiger partial charge in [-0.25, -0.2) is 0 Å². The number of hydrogen-bond donors (Lipinski definition) is 1. The van der Waals surface area contributed by atoms with Gasteiger partial charge in [0.05, 0.1) is 6.10 Å². The van der Waals surface area contributed by atoms with Gasteiger partial charge in [0.15, 0.2) is 0 Å². The molecule has 17 heavy (non-hydrogen) atoms. The third-order valence-electron chi connectivity index (χ3n) is 8.45. The molecular weight excluding hydrogens is 208 g/mol. The van der Waals surface area contributed by atoms with E-state index in [9.17, 15) is 5.11 Å². The Bertz CT molecular complexity index is 496. The van der Waals surface area contributed by atoms with Crippen LogP contribution in [0.15, 0.2) is 12.2 Å². The lowest BCUT2D eigenvalue weighted by Crippen LogP contribution is -2.52. The molecule has 2 bridgehead atoms. The first-order valence-electron chi connectivity index (χ1n) is 7.53. The third kappa shape index (κ3) is 0.514. The molecule has 7 aliphatic rings. The zero-order valence-corrected chi connectivity index (χ0v) is 10.5. The van der Waals surface area contributed by atoms with Gasteiger partial charge in [0.2, 0.25) is 0 Å². The Labute approximate surface area is 102 Å². The summed E-state index contributed by atoms with van der Waals surface area (Å²) in [5.41, 5.74) is 1.18. The van der Waals surface area contributed by atoms with E-state index in [0.29, 0.717) is 10.8 Å². The van der Waals surface area contributed by atoms with Crippen LogP contribution in [0.4, 0.5) is 0 Å². The molecule has 6 fully saturated rings. The molecule has 6 saturated carbocycles. The van der Waals surface area contributed by atoms with Crippen molar-refractivity contribution in [2.24, 2.45) is 58.2 Å². The standard InChI is InChI=1S/C16H20O/c1-6-7(2)13-10-9-11(10)14-15(12(6)9)4-3-8(17)5-16(13,14)15/h3-4,6-14,17H,5H2,1-2H3/t6-,7+,8+,9-,10-,11-,12-,13+,14-,15+,16-/m1/s1. The molecule has 7 aliphatic carbocycles. The largest absolute Gasteiger partial charge is 0.389 e. The van der Waals surface area contributed by atoms with Crippen LogP contribution in [0, 0.1) is 58.2 Å². The van der Waals surface area contributed by atoms with E-state index < -0.39 is 0 Å². The maximum atomic E-state index is 10.1. The van der Waals surface area contributed by atoms with Crippen molar-refractivity contribution in [3.8, 4) is 0 Å². The Morgan fingerprint density at radius 3 is 2.59 bits per heavy atom. The zero-order chi connectivity index (χ0) is 11.3. The smallest absolute Gasteiger partial charge is 0.0726 e. The van der Waals surface area contributed by atoms with Gasteiger partial charge < -0.3 is 5.11 Å². The van der Waals surface area contributed by atoms with Gasteiger partial charge in [0.25, 0.3) is 0 Å². The summed E-state index contributed by atoms with van der Waals surface area (Å²) in [6.45, 7) is 5.03. The minimum atomic E-state index is -0.133. The van der Waals surface area contributed by atoms with Gasteiger partial charge in [0.1, 0.15) is 0 Å². The monoisotopic (exact) mass is 228 g/mol. The van der Waals surface area contributed by atoms with Gasteiger partial charge in [-0.1, -0.05) is 26.0 Å². The number of aliphatic hydroxyl groups is 1. The molecule has 0 amide bonds. The van der Waals surface area contributed by atoms with Crippen LogP contribution in [-0.4, -0.2) is 11.2 Å². The maximum absolute atomic E-state index is 10.1. The number of hydrogen-bond acceptors (Lipinski definition) is 1. The van der Waals surface area contributed by atoms with Gasteiger partial charge in [-0.3, -0.25) is 0 Å². The number of aliphatic hydroxyl groups excluding tert-OH is 1. The van der Waals surface area contributed by atoms with E-state index in [1.54, 1.807) is 0 Å². The highest BCUT2D eigenvalue weighted by atomic mass is 16.3. The molecule has 0 radical (unpaired) electrons. The van der Waals surface area contributed by atoms with Crippen LogP contribution >= 0.6 is 0 Å². The van der Waals surface area contributed by atoms with E-state index >= 15 is 0 Å². The highest BCUT2D eigenvalue weighted by molar-refractivity contribution is 5.52. The second-order valence-electron chi connectivity index (χ2n) is 8.08. The summed E-state index contributed by atoms with van der Waals surface area (Å²) in [5.74, 6) is 8.12. The number of rotatable bonds is 0. The van der Waals surface area contributed by atoms with Crippen molar-refractivity contribution < 1.29 is 5.11 Å². The summed E-state index contributed by atoms with van der Waals surface area (Å²) >= 11 is 0. The SMILES string of the molecule is C[C@@H]1[C@H](C)[C@H]2[C@@H]3[C@@H]4[C@H]3[C@@H]3[C@]5(C=C[C@H](O)C[C@@]235)[C@H]14. The fraction of sp³-hybridized carbons (Fsp3) is 0.875. The van der Waals surface area contributed by atoms with Gasteiger partial charge in [0, 0.05) is 5.41 Å². The molecular formula is C16H20O. The molecule has 7 rings (SSSR count). The van der Waals surface area contributed by atoms with Crippen molar-refractivity contribution in [3.05, 3.63) is 12.2 Å². The maximum Gasteiger partial charge on any atom is 0.0726 e. The minimum Gasteiger partial charge on any atom is -0.389 e. The Hall–Kier alpha value is -0.300. The molecule has 0 aromatic heterocycles. The van der Waals surface area contributed by atoms with Crippen LogP contribution in [0.25, 0.3) is 0 Å². The van der Waals surface area contributed by atoms with Crippen LogP contribution in [0.3, 0.4) is 0 Å². The molecule has 1 N–H and O–H groups in total. The zero-order valence-electron chi connectivity index (χ0n) is 10.5. The van der Waals surface area contributed by atoms with E-state index in [2.05, 4.69) is 26.0 Å². The lowest BCUT2D eigenvalue weighted by atomic mass is 9.49. The second kappa shape index (κ2) is 1.95. The van der Waals surface area contributed by atoms with E-state index in [-0.39, 0.29) is 6.10 Å². The molecule has 90 valence electrons. The number of allylic oxidation sites excluding steroid dienone is 1. The first-order valence-corrected chi connectivity index (χ1v) is 7.53. The van der Waals surface area contributed by atoms with Crippen LogP contribution in [-0.2, 0) is 0 Å². The van der Waals surface area contributed by atoms with Gasteiger partial charge >= 0.3 is 0 Å². The quantitative estimate of drug-likeness (QED) is 0.631. The van der Waals surface area contributed by atoms with Crippen molar-refractivity contribution in [2.75, 3.05) is 0 Å². The molecule has 0 heterocycles. The summed E-state index contributed by atoms with van der Waals surface area (Å²) in [6.07, 6.45) is 5.60. The molecule has 0 aliphatic heterocycles. The molecule has 1 heteroatoms. The van der Waals surface area contributed by atoms with Crippen LogP contribution in [0.1, 0.15) is 20.3 Å². The van der Waals surface area contributed by atoms with Crippen molar-refractivity contribution >= 4 is 0 Å². The topological polar surface area (TPSA) is 20.2 Å². The lowest BCUT2D eigenvalue weighted by Gasteiger charge is -2.55. The fourth-order valence-electron chi connectivity index (χ4n) is 8.52. The first kappa shape index (κ1) is 8.74. The molecule has 0 aromatic carbocycles. The summed E-state index contributed by atoms with van der Waals surface area (Å²) < 4.78 is 0. The van der Waals surface area contributed by atoms with Crippen molar-refractivity contribution in [3.63, 3.8) is 0 Å². The molecule has 11 atom stereocenters. The predicted octanol–water partition coefficient (Wildman–Crippen LogP) is 2.32. The molecule has 1 nitrogen and oxygen atoms in total. The molecule has 0 unspecified atom stereocenters. The highest BCUT2D eigenvalue weighted by Crippen LogP contribution is 3.04. The fourth-order valence-corrected chi connectivity index (χ4v) is 8.52. The average molecular weight is 228 g/mol. The summed E-state index contributed by atoms with van der Waals surface area (Å²) in [5, 5.41) is 10.1. The molecule has 0 saturated heterocycles. The highest BCUT2D eigenvalue weighted by Gasteiger charge is 3.01. The predicted molar refractivity (Wildman–Crippen MR) is 63.9 cm³/mol. The number of fused-ring (bicyclic) bond motifs is 1. The summed E-state index contributed by atoms with van der Waals surface area (Å²) in [7, 11) is 0. The normalized spacial score (nSPS) is 83.6. The second-order valence-corrected chi connectivity index (χ2v) is 8.08. The average Bonchev–Trinajstić information content (AvgIpc) is 3.07. The minimum absolute atomic E-state index is 0.133. The summed E-state index contributed by atoms with van der Waals surface area (Å²) in [6, 6.07) is 0. The summed E-state index contributed by atoms with van der Waals surface area (Å²) in [4.78, 5) is 0. The van der Waals surface area contributed by atoms with E-state index in [1.165, 1.54) is 0 Å². The van der Waals surface area contributed by atoms with Crippen LogP contribution < -0.4 is 0 Å². The van der Waals surface area contributed by atoms with Gasteiger partial charge in [-0.05, 0) is 59.2 Å². The molecule has 0 aromatic rings. The molecule has 2 spiro atoms.